The predicted octanol–water partition coefficient (Wildman–Crippen LogP) is 0.900. The molecule has 0 bridgehead atoms. The van der Waals surface area contributed by atoms with Crippen LogP contribution in [0.4, 0.5) is 0 Å². The highest BCUT2D eigenvalue weighted by Crippen LogP contribution is 2.22. The molecule has 1 heterocycles. The van der Waals surface area contributed by atoms with Crippen LogP contribution < -0.4 is 5.43 Å². The number of benzene rings is 1. The van der Waals surface area contributed by atoms with Gasteiger partial charge in [-0.3, -0.25) is 9.59 Å². The van der Waals surface area contributed by atoms with Gasteiger partial charge in [0.05, 0.1) is 6.10 Å². The molecule has 0 amide bonds. The van der Waals surface area contributed by atoms with Crippen molar-refractivity contribution in [3.05, 3.63) is 45.7 Å². The van der Waals surface area contributed by atoms with Crippen LogP contribution in [0, 0.1) is 0 Å². The third-order valence-corrected chi connectivity index (χ3v) is 4.21. The minimum atomic E-state index is -1.35. The Morgan fingerprint density at radius 2 is 2.00 bits per heavy atom. The molecule has 8 heteroatoms. The van der Waals surface area contributed by atoms with Gasteiger partial charge in [-0.2, -0.15) is 0 Å². The number of hydrogen-bond donors (Lipinski definition) is 4. The minimum Gasteiger partial charge on any atom is -0.477 e. The summed E-state index contributed by atoms with van der Waals surface area (Å²) in [5.74, 6) is -1.34. The molecule has 2 atom stereocenters. The normalized spacial score (nSPS) is 13.7. The van der Waals surface area contributed by atoms with Gasteiger partial charge in [-0.15, -0.1) is 0 Å². The van der Waals surface area contributed by atoms with E-state index in [1.54, 1.807) is 0 Å². The lowest BCUT2D eigenvalue weighted by atomic mass is 10.0. The maximum atomic E-state index is 12.1. The third kappa shape index (κ3) is 3.79. The molecule has 0 radical (unpaired) electrons. The van der Waals surface area contributed by atoms with Crippen LogP contribution >= 0.6 is 11.8 Å². The first-order valence-corrected chi connectivity index (χ1v) is 7.68. The molecule has 0 aliphatic heterocycles. The molecule has 0 fully saturated rings. The summed E-state index contributed by atoms with van der Waals surface area (Å²) in [5.41, 5.74) is -0.393. The van der Waals surface area contributed by atoms with Gasteiger partial charge in [-0.1, -0.05) is 17.8 Å². The highest BCUT2D eigenvalue weighted by atomic mass is 32.2. The Labute approximate surface area is 135 Å². The summed E-state index contributed by atoms with van der Waals surface area (Å²) in [6.45, 7) is 1.35. The van der Waals surface area contributed by atoms with Crippen molar-refractivity contribution < 1.29 is 24.9 Å². The number of fused-ring (bicyclic) bond motifs is 1. The van der Waals surface area contributed by atoms with Crippen LogP contribution in [-0.2, 0) is 4.79 Å². The summed E-state index contributed by atoms with van der Waals surface area (Å²) in [6, 6.07) is 4.38. The van der Waals surface area contributed by atoms with E-state index in [0.29, 0.717) is 5.52 Å². The fraction of sp³-hybridized carbons (Fsp3) is 0.267. The van der Waals surface area contributed by atoms with Gasteiger partial charge < -0.3 is 20.3 Å². The highest BCUT2D eigenvalue weighted by molar-refractivity contribution is 8.13. The monoisotopic (exact) mass is 337 g/mol. The molecule has 122 valence electrons. The van der Waals surface area contributed by atoms with Gasteiger partial charge in [-0.05, 0) is 17.7 Å². The van der Waals surface area contributed by atoms with Crippen LogP contribution in [0.2, 0.25) is 0 Å². The number of carbonyl (C=O) groups is 2. The van der Waals surface area contributed by atoms with Crippen molar-refractivity contribution >= 4 is 33.7 Å². The third-order valence-electron chi connectivity index (χ3n) is 3.30. The average Bonchev–Trinajstić information content (AvgIpc) is 2.51. The standard InChI is InChI=1S/C15H15NO6S/c1-7(17)23-6-12(18)13(19)8-2-3-11-9(4-8)14(20)10(5-16-11)15(21)22/h2-5,12-13,18-19H,6H2,1H3,(H,16,20)(H,21,22). The van der Waals surface area contributed by atoms with E-state index >= 15 is 0 Å². The maximum Gasteiger partial charge on any atom is 0.341 e. The Kier molecular flexibility index (Phi) is 5.19. The van der Waals surface area contributed by atoms with Crippen molar-refractivity contribution in [3.63, 3.8) is 0 Å². The average molecular weight is 337 g/mol. The van der Waals surface area contributed by atoms with Gasteiger partial charge in [0, 0.05) is 29.8 Å². The molecule has 2 unspecified atom stereocenters. The summed E-state index contributed by atoms with van der Waals surface area (Å²) in [7, 11) is 0. The number of hydrogen-bond acceptors (Lipinski definition) is 6. The predicted molar refractivity (Wildman–Crippen MR) is 85.6 cm³/mol. The molecule has 23 heavy (non-hydrogen) atoms. The molecule has 7 nitrogen and oxygen atoms in total. The van der Waals surface area contributed by atoms with E-state index in [2.05, 4.69) is 4.98 Å². The molecular formula is C15H15NO6S. The first kappa shape index (κ1) is 17.2. The number of carboxylic acid groups (broad SMARTS) is 1. The van der Waals surface area contributed by atoms with Crippen LogP contribution in [0.1, 0.15) is 28.9 Å². The Morgan fingerprint density at radius 1 is 1.30 bits per heavy atom. The molecule has 0 saturated heterocycles. The zero-order valence-electron chi connectivity index (χ0n) is 12.1. The van der Waals surface area contributed by atoms with Gasteiger partial charge in [0.2, 0.25) is 5.43 Å². The lowest BCUT2D eigenvalue weighted by Crippen LogP contribution is -2.22. The van der Waals surface area contributed by atoms with Gasteiger partial charge in [-0.25, -0.2) is 4.79 Å². The topological polar surface area (TPSA) is 128 Å². The molecule has 4 N–H and O–H groups in total. The SMILES string of the molecule is CC(=O)SCC(O)C(O)c1ccc2[nH]cc(C(=O)O)c(=O)c2c1. The quantitative estimate of drug-likeness (QED) is 0.638. The summed E-state index contributed by atoms with van der Waals surface area (Å²) < 4.78 is 0. The van der Waals surface area contributed by atoms with Crippen molar-refractivity contribution in [2.75, 3.05) is 5.75 Å². The van der Waals surface area contributed by atoms with E-state index in [1.807, 2.05) is 0 Å². The van der Waals surface area contributed by atoms with E-state index in [9.17, 15) is 24.6 Å². The fourth-order valence-corrected chi connectivity index (χ4v) is 2.68. The number of rotatable bonds is 5. The number of aromatic carboxylic acids is 1. The number of aliphatic hydroxyl groups is 2. The number of H-pyrrole nitrogens is 1. The number of thioether (sulfide) groups is 1. The van der Waals surface area contributed by atoms with Crippen molar-refractivity contribution in [2.24, 2.45) is 0 Å². The molecule has 0 aliphatic carbocycles. The highest BCUT2D eigenvalue weighted by Gasteiger charge is 2.20. The number of carbonyl (C=O) groups excluding carboxylic acids is 1. The van der Waals surface area contributed by atoms with Crippen LogP contribution in [0.15, 0.2) is 29.2 Å². The second kappa shape index (κ2) is 6.95. The Hall–Kier alpha value is -2.16. The summed E-state index contributed by atoms with van der Waals surface area (Å²) in [4.78, 5) is 36.7. The number of aromatic nitrogens is 1. The first-order valence-electron chi connectivity index (χ1n) is 6.69. The number of pyridine rings is 1. The number of carboxylic acids is 1. The van der Waals surface area contributed by atoms with E-state index in [4.69, 9.17) is 5.11 Å². The second-order valence-corrected chi connectivity index (χ2v) is 6.15. The van der Waals surface area contributed by atoms with Crippen LogP contribution in [-0.4, -0.2) is 43.2 Å². The second-order valence-electron chi connectivity index (χ2n) is 4.96. The van der Waals surface area contributed by atoms with Crippen molar-refractivity contribution in [2.45, 2.75) is 19.1 Å². The van der Waals surface area contributed by atoms with Gasteiger partial charge in [0.25, 0.3) is 0 Å². The number of nitrogens with one attached hydrogen (secondary N) is 1. The Bertz CT molecular complexity index is 815. The van der Waals surface area contributed by atoms with Crippen LogP contribution in [0.25, 0.3) is 10.9 Å². The molecule has 0 spiro atoms. The molecule has 0 aliphatic rings. The molecular weight excluding hydrogens is 322 g/mol. The Balaban J connectivity index is 2.38. The summed E-state index contributed by atoms with van der Waals surface area (Å²) in [6.07, 6.45) is -1.37. The van der Waals surface area contributed by atoms with Gasteiger partial charge in [0.15, 0.2) is 5.12 Å². The fourth-order valence-electron chi connectivity index (χ4n) is 2.10. The largest absolute Gasteiger partial charge is 0.477 e. The first-order chi connectivity index (χ1) is 10.8. The molecule has 1 aromatic heterocycles. The summed E-state index contributed by atoms with van der Waals surface area (Å²) in [5, 5.41) is 28.9. The molecule has 0 saturated carbocycles. The lowest BCUT2D eigenvalue weighted by molar-refractivity contribution is -0.109. The van der Waals surface area contributed by atoms with Crippen molar-refractivity contribution in [1.82, 2.24) is 4.98 Å². The number of aliphatic hydroxyl groups excluding tert-OH is 2. The Morgan fingerprint density at radius 3 is 2.61 bits per heavy atom. The maximum absolute atomic E-state index is 12.1. The van der Waals surface area contributed by atoms with E-state index in [0.717, 1.165) is 18.0 Å². The molecule has 2 aromatic rings. The summed E-state index contributed by atoms with van der Waals surface area (Å²) >= 11 is 0.881. The van der Waals surface area contributed by atoms with Gasteiger partial charge in [0.1, 0.15) is 11.7 Å². The van der Waals surface area contributed by atoms with E-state index in [1.165, 1.54) is 25.1 Å². The zero-order chi connectivity index (χ0) is 17.1. The smallest absolute Gasteiger partial charge is 0.341 e. The molecule has 2 rings (SSSR count). The zero-order valence-corrected chi connectivity index (χ0v) is 13.0. The van der Waals surface area contributed by atoms with Crippen LogP contribution in [0.3, 0.4) is 0 Å². The number of aromatic amines is 1. The molecule has 1 aromatic carbocycles. The van der Waals surface area contributed by atoms with Gasteiger partial charge >= 0.3 is 5.97 Å². The minimum absolute atomic E-state index is 0.0139. The van der Waals surface area contributed by atoms with E-state index < -0.39 is 29.2 Å². The van der Waals surface area contributed by atoms with E-state index in [-0.39, 0.29) is 21.8 Å². The van der Waals surface area contributed by atoms with Crippen molar-refractivity contribution in [1.29, 1.82) is 0 Å². The lowest BCUT2D eigenvalue weighted by Gasteiger charge is -2.17. The van der Waals surface area contributed by atoms with Crippen molar-refractivity contribution in [3.8, 4) is 0 Å². The van der Waals surface area contributed by atoms with Crippen LogP contribution in [0.5, 0.6) is 0 Å².